The molecule has 0 aromatic carbocycles. The zero-order valence-electron chi connectivity index (χ0n) is 10.5. The van der Waals surface area contributed by atoms with Gasteiger partial charge >= 0.3 is 0 Å². The van der Waals surface area contributed by atoms with Crippen molar-refractivity contribution < 1.29 is 5.21 Å². The number of piperazine rings is 1. The van der Waals surface area contributed by atoms with Crippen LogP contribution in [0.1, 0.15) is 13.3 Å². The second-order valence-electron chi connectivity index (χ2n) is 4.48. The summed E-state index contributed by atoms with van der Waals surface area (Å²) < 4.78 is 0. The summed E-state index contributed by atoms with van der Waals surface area (Å²) in [4.78, 5) is 8.99. The van der Waals surface area contributed by atoms with Gasteiger partial charge in [0.2, 0.25) is 0 Å². The Kier molecular flexibility index (Phi) is 4.38. The topological polar surface area (TPSA) is 78.0 Å². The monoisotopic (exact) mass is 269 g/mol. The van der Waals surface area contributed by atoms with Gasteiger partial charge in [-0.05, 0) is 6.92 Å². The molecule has 1 fully saturated rings. The largest absolute Gasteiger partial charge is 0.409 e. The second kappa shape index (κ2) is 6.01. The van der Waals surface area contributed by atoms with Crippen LogP contribution in [0.15, 0.2) is 16.7 Å². The molecule has 1 aliphatic heterocycles. The van der Waals surface area contributed by atoms with Crippen molar-refractivity contribution in [1.29, 1.82) is 0 Å². The van der Waals surface area contributed by atoms with E-state index in [1.807, 2.05) is 11.6 Å². The van der Waals surface area contributed by atoms with Gasteiger partial charge in [-0.2, -0.15) is 0 Å². The average molecular weight is 269 g/mol. The Morgan fingerprint density at radius 2 is 2.28 bits per heavy atom. The molecule has 0 spiro atoms. The predicted octanol–water partition coefficient (Wildman–Crippen LogP) is 0.790. The van der Waals surface area contributed by atoms with Gasteiger partial charge in [0.05, 0.1) is 0 Å². The Morgan fingerprint density at radius 1 is 1.56 bits per heavy atom. The Morgan fingerprint density at radius 3 is 2.83 bits per heavy atom. The number of nitrogens with zero attached hydrogens (tertiary/aromatic N) is 4. The van der Waals surface area contributed by atoms with Gasteiger partial charge in [0.25, 0.3) is 0 Å². The maximum atomic E-state index is 8.58. The summed E-state index contributed by atoms with van der Waals surface area (Å²) in [7, 11) is 0. The van der Waals surface area contributed by atoms with E-state index in [1.54, 1.807) is 11.3 Å². The molecule has 1 aliphatic rings. The normalized spacial score (nSPS) is 20.1. The van der Waals surface area contributed by atoms with E-state index in [2.05, 4.69) is 26.9 Å². The van der Waals surface area contributed by atoms with Gasteiger partial charge in [-0.1, -0.05) is 5.16 Å². The number of amidine groups is 1. The summed E-state index contributed by atoms with van der Waals surface area (Å²) in [6, 6.07) is 0.305. The van der Waals surface area contributed by atoms with Crippen LogP contribution in [0, 0.1) is 0 Å². The molecule has 0 saturated carbocycles. The van der Waals surface area contributed by atoms with Crippen molar-refractivity contribution >= 4 is 22.3 Å². The van der Waals surface area contributed by atoms with Crippen molar-refractivity contribution in [3.63, 3.8) is 0 Å². The average Bonchev–Trinajstić information content (AvgIpc) is 2.92. The predicted molar refractivity (Wildman–Crippen MR) is 73.4 cm³/mol. The summed E-state index contributed by atoms with van der Waals surface area (Å²) in [5.41, 5.74) is 5.54. The molecule has 1 aromatic heterocycles. The quantitative estimate of drug-likeness (QED) is 0.366. The number of oxime groups is 1. The number of anilines is 1. The third kappa shape index (κ3) is 3.11. The number of rotatable bonds is 4. The molecule has 7 heteroatoms. The minimum atomic E-state index is 0.296. The number of hydrogen-bond acceptors (Lipinski definition) is 6. The van der Waals surface area contributed by atoms with E-state index in [-0.39, 0.29) is 0 Å². The van der Waals surface area contributed by atoms with Crippen molar-refractivity contribution in [3.05, 3.63) is 11.6 Å². The van der Waals surface area contributed by atoms with Gasteiger partial charge in [-0.25, -0.2) is 4.98 Å². The van der Waals surface area contributed by atoms with Crippen LogP contribution in [-0.2, 0) is 0 Å². The number of nitrogens with two attached hydrogens (primary N) is 1. The van der Waals surface area contributed by atoms with Gasteiger partial charge in [0.15, 0.2) is 5.13 Å². The SMILES string of the molecule is CC(C/C(N)=N/O)N1CCN(c2nccs2)CC1. The van der Waals surface area contributed by atoms with E-state index in [9.17, 15) is 0 Å². The molecule has 6 nitrogen and oxygen atoms in total. The molecule has 3 N–H and O–H groups in total. The van der Waals surface area contributed by atoms with E-state index < -0.39 is 0 Å². The van der Waals surface area contributed by atoms with Gasteiger partial charge in [0, 0.05) is 50.2 Å². The molecular weight excluding hydrogens is 250 g/mol. The van der Waals surface area contributed by atoms with Crippen LogP contribution in [0.3, 0.4) is 0 Å². The van der Waals surface area contributed by atoms with Crippen molar-refractivity contribution in [2.45, 2.75) is 19.4 Å². The Bertz CT molecular complexity index is 386. The van der Waals surface area contributed by atoms with Gasteiger partial charge in [-0.15, -0.1) is 11.3 Å². The second-order valence-corrected chi connectivity index (χ2v) is 5.36. The lowest BCUT2D eigenvalue weighted by Crippen LogP contribution is -2.50. The fourth-order valence-corrected chi connectivity index (χ4v) is 2.90. The van der Waals surface area contributed by atoms with Crippen LogP contribution in [0.25, 0.3) is 0 Å². The summed E-state index contributed by atoms with van der Waals surface area (Å²) in [6.07, 6.45) is 2.45. The molecular formula is C11H19N5OS. The fraction of sp³-hybridized carbons (Fsp3) is 0.636. The highest BCUT2D eigenvalue weighted by Crippen LogP contribution is 2.19. The molecule has 0 bridgehead atoms. The zero-order chi connectivity index (χ0) is 13.0. The summed E-state index contributed by atoms with van der Waals surface area (Å²) >= 11 is 1.68. The van der Waals surface area contributed by atoms with Gasteiger partial charge in [-0.3, -0.25) is 4.90 Å². The van der Waals surface area contributed by atoms with Gasteiger partial charge in [0.1, 0.15) is 5.84 Å². The maximum absolute atomic E-state index is 8.58. The minimum Gasteiger partial charge on any atom is -0.409 e. The van der Waals surface area contributed by atoms with Gasteiger partial charge < -0.3 is 15.8 Å². The highest BCUT2D eigenvalue weighted by atomic mass is 32.1. The molecule has 18 heavy (non-hydrogen) atoms. The summed E-state index contributed by atoms with van der Waals surface area (Å²) in [5.74, 6) is 0.296. The molecule has 100 valence electrons. The first-order chi connectivity index (χ1) is 8.70. The zero-order valence-corrected chi connectivity index (χ0v) is 11.3. The molecule has 0 radical (unpaired) electrons. The first kappa shape index (κ1) is 13.1. The van der Waals surface area contributed by atoms with Crippen molar-refractivity contribution in [1.82, 2.24) is 9.88 Å². The Balaban J connectivity index is 1.83. The lowest BCUT2D eigenvalue weighted by molar-refractivity contribution is 0.199. The van der Waals surface area contributed by atoms with E-state index in [1.165, 1.54) is 0 Å². The third-order valence-corrected chi connectivity index (χ3v) is 4.09. The van der Waals surface area contributed by atoms with E-state index >= 15 is 0 Å². The molecule has 1 saturated heterocycles. The molecule has 1 atom stereocenters. The summed E-state index contributed by atoms with van der Waals surface area (Å²) in [5, 5.41) is 14.7. The van der Waals surface area contributed by atoms with Crippen molar-refractivity contribution in [3.8, 4) is 0 Å². The minimum absolute atomic E-state index is 0.296. The molecule has 2 rings (SSSR count). The number of hydrogen-bond donors (Lipinski definition) is 2. The molecule has 0 aliphatic carbocycles. The molecule has 1 unspecified atom stereocenters. The van der Waals surface area contributed by atoms with E-state index in [0.717, 1.165) is 31.3 Å². The first-order valence-corrected chi connectivity index (χ1v) is 6.93. The first-order valence-electron chi connectivity index (χ1n) is 6.05. The smallest absolute Gasteiger partial charge is 0.185 e. The van der Waals surface area contributed by atoms with Crippen molar-refractivity contribution in [2.24, 2.45) is 10.9 Å². The Hall–Kier alpha value is -1.34. The van der Waals surface area contributed by atoms with Crippen LogP contribution in [0.2, 0.25) is 0 Å². The molecule has 2 heterocycles. The summed E-state index contributed by atoms with van der Waals surface area (Å²) in [6.45, 7) is 6.04. The van der Waals surface area contributed by atoms with Crippen LogP contribution in [0.4, 0.5) is 5.13 Å². The highest BCUT2D eigenvalue weighted by molar-refractivity contribution is 7.13. The molecule has 0 amide bonds. The number of aromatic nitrogens is 1. The van der Waals surface area contributed by atoms with Crippen LogP contribution >= 0.6 is 11.3 Å². The van der Waals surface area contributed by atoms with Crippen LogP contribution in [0.5, 0.6) is 0 Å². The van der Waals surface area contributed by atoms with Crippen LogP contribution in [-0.4, -0.2) is 53.1 Å². The van der Waals surface area contributed by atoms with E-state index in [4.69, 9.17) is 10.9 Å². The fourth-order valence-electron chi connectivity index (χ4n) is 2.20. The lowest BCUT2D eigenvalue weighted by atomic mass is 10.1. The molecule has 1 aromatic rings. The maximum Gasteiger partial charge on any atom is 0.185 e. The van der Waals surface area contributed by atoms with E-state index in [0.29, 0.717) is 18.3 Å². The Labute approximate surface area is 111 Å². The van der Waals surface area contributed by atoms with Crippen molar-refractivity contribution in [2.75, 3.05) is 31.1 Å². The third-order valence-electron chi connectivity index (χ3n) is 3.26. The standard InChI is InChI=1S/C11H19N5OS/c1-9(8-10(12)14-17)15-3-5-16(6-4-15)11-13-2-7-18-11/h2,7,9,17H,3-6,8H2,1H3,(H2,12,14). The highest BCUT2D eigenvalue weighted by Gasteiger charge is 2.22. The number of thiazole rings is 1. The lowest BCUT2D eigenvalue weighted by Gasteiger charge is -2.37. The van der Waals surface area contributed by atoms with Crippen LogP contribution < -0.4 is 10.6 Å².